The molecule has 0 spiro atoms. The summed E-state index contributed by atoms with van der Waals surface area (Å²) in [6, 6.07) is -0.602. The third-order valence-electron chi connectivity index (χ3n) is 3.31. The van der Waals surface area contributed by atoms with Crippen molar-refractivity contribution in [1.29, 1.82) is 0 Å². The molecule has 22 heavy (non-hydrogen) atoms. The van der Waals surface area contributed by atoms with Crippen LogP contribution in [0.4, 0.5) is 8.78 Å². The molecule has 0 aromatic carbocycles. The highest BCUT2D eigenvalue weighted by molar-refractivity contribution is 5.78. The van der Waals surface area contributed by atoms with Crippen LogP contribution >= 0.6 is 0 Å². The molecule has 0 fully saturated rings. The van der Waals surface area contributed by atoms with E-state index in [9.17, 15) is 13.6 Å². The van der Waals surface area contributed by atoms with Crippen LogP contribution in [0.3, 0.4) is 0 Å². The van der Waals surface area contributed by atoms with Gasteiger partial charge in [0.15, 0.2) is 6.04 Å². The number of rotatable bonds is 4. The maximum Gasteiger partial charge on any atom is 0.330 e. The number of ether oxygens (including phenoxy) is 1. The normalized spacial score (nSPS) is 25.0. The van der Waals surface area contributed by atoms with E-state index in [4.69, 9.17) is 9.57 Å². The Bertz CT molecular complexity index is 564. The van der Waals surface area contributed by atoms with Gasteiger partial charge >= 0.3 is 5.97 Å². The summed E-state index contributed by atoms with van der Waals surface area (Å²) >= 11 is 0. The summed E-state index contributed by atoms with van der Waals surface area (Å²) in [5.74, 6) is -0.945. The second-order valence-electron chi connectivity index (χ2n) is 5.08. The van der Waals surface area contributed by atoms with Crippen molar-refractivity contribution in [1.82, 2.24) is 5.06 Å². The summed E-state index contributed by atoms with van der Waals surface area (Å²) in [5.41, 5.74) is 0.686. The van der Waals surface area contributed by atoms with Crippen LogP contribution in [0.1, 0.15) is 26.2 Å². The predicted octanol–water partition coefficient (Wildman–Crippen LogP) is 3.50. The Kier molecular flexibility index (Phi) is 5.49. The monoisotopic (exact) mass is 311 g/mol. The number of hydrogen-bond donors (Lipinski definition) is 0. The van der Waals surface area contributed by atoms with Crippen molar-refractivity contribution in [3.8, 4) is 0 Å². The minimum atomic E-state index is -0.627. The van der Waals surface area contributed by atoms with Gasteiger partial charge in [0.25, 0.3) is 0 Å². The van der Waals surface area contributed by atoms with Gasteiger partial charge in [-0.3, -0.25) is 0 Å². The van der Waals surface area contributed by atoms with Crippen LogP contribution in [-0.2, 0) is 14.4 Å². The molecule has 0 N–H and O–H groups in total. The molecule has 2 aliphatic rings. The smallest absolute Gasteiger partial charge is 0.330 e. The summed E-state index contributed by atoms with van der Waals surface area (Å²) in [6.45, 7) is 2.03. The van der Waals surface area contributed by atoms with E-state index >= 15 is 0 Å². The Morgan fingerprint density at radius 2 is 2.23 bits per heavy atom. The zero-order valence-corrected chi connectivity index (χ0v) is 12.6. The summed E-state index contributed by atoms with van der Waals surface area (Å²) in [5, 5.41) is 1.40. The number of nitrogens with zero attached hydrogens (tertiary/aromatic N) is 1. The fourth-order valence-electron chi connectivity index (χ4n) is 2.31. The number of allylic oxidation sites excluding steroid dienone is 6. The lowest BCUT2D eigenvalue weighted by molar-refractivity contribution is -0.161. The largest absolute Gasteiger partial charge is 0.464 e. The molecule has 6 heteroatoms. The molecule has 0 saturated heterocycles. The zero-order chi connectivity index (χ0) is 16.1. The van der Waals surface area contributed by atoms with Crippen LogP contribution in [0.15, 0.2) is 47.3 Å². The quantitative estimate of drug-likeness (QED) is 0.745. The number of esters is 1. The van der Waals surface area contributed by atoms with Crippen LogP contribution in [0.25, 0.3) is 0 Å². The van der Waals surface area contributed by atoms with E-state index in [1.807, 2.05) is 0 Å². The van der Waals surface area contributed by atoms with Crippen molar-refractivity contribution in [3.63, 3.8) is 0 Å². The molecule has 0 radical (unpaired) electrons. The average molecular weight is 311 g/mol. The van der Waals surface area contributed by atoms with Gasteiger partial charge in [-0.05, 0) is 31.1 Å². The first-order chi connectivity index (χ1) is 10.5. The highest BCUT2D eigenvalue weighted by atomic mass is 19.1. The first-order valence-corrected chi connectivity index (χ1v) is 7.20. The van der Waals surface area contributed by atoms with Crippen LogP contribution in [0.2, 0.25) is 0 Å². The molecule has 1 atom stereocenters. The molecule has 0 aromatic rings. The highest BCUT2D eigenvalue weighted by Gasteiger charge is 2.31. The third kappa shape index (κ3) is 4.27. The number of carbonyl (C=O) groups is 1. The first-order valence-electron chi connectivity index (χ1n) is 7.20. The van der Waals surface area contributed by atoms with Gasteiger partial charge in [0.05, 0.1) is 6.61 Å². The number of hydrogen-bond acceptors (Lipinski definition) is 4. The molecule has 0 amide bonds. The Hall–Kier alpha value is -1.95. The molecule has 120 valence electrons. The van der Waals surface area contributed by atoms with Gasteiger partial charge in [0.1, 0.15) is 17.4 Å². The van der Waals surface area contributed by atoms with Crippen LogP contribution in [0, 0.1) is 0 Å². The SMILES string of the molecule is CCOC(=O)C1C=C(CC2=CCC/C(F)=C/C(F)=C2)ON1C. The van der Waals surface area contributed by atoms with Crippen molar-refractivity contribution in [2.75, 3.05) is 13.7 Å². The van der Waals surface area contributed by atoms with Crippen LogP contribution in [0.5, 0.6) is 0 Å². The van der Waals surface area contributed by atoms with E-state index in [0.717, 1.165) is 6.08 Å². The lowest BCUT2D eigenvalue weighted by Gasteiger charge is -2.16. The molecule has 4 nitrogen and oxygen atoms in total. The average Bonchev–Trinajstić information content (AvgIpc) is 2.77. The van der Waals surface area contributed by atoms with Gasteiger partial charge < -0.3 is 9.57 Å². The minimum Gasteiger partial charge on any atom is -0.464 e. The molecule has 0 aromatic heterocycles. The van der Waals surface area contributed by atoms with Crippen LogP contribution in [-0.4, -0.2) is 30.7 Å². The van der Waals surface area contributed by atoms with Crippen LogP contribution < -0.4 is 0 Å². The first kappa shape index (κ1) is 16.4. The van der Waals surface area contributed by atoms with Crippen molar-refractivity contribution in [2.24, 2.45) is 0 Å². The Morgan fingerprint density at radius 3 is 2.95 bits per heavy atom. The highest BCUT2D eigenvalue weighted by Crippen LogP contribution is 2.27. The zero-order valence-electron chi connectivity index (χ0n) is 12.6. The van der Waals surface area contributed by atoms with Gasteiger partial charge in [0.2, 0.25) is 0 Å². The number of carbonyl (C=O) groups excluding carboxylic acids is 1. The molecule has 1 aliphatic heterocycles. The van der Waals surface area contributed by atoms with Crippen molar-refractivity contribution >= 4 is 5.97 Å². The third-order valence-corrected chi connectivity index (χ3v) is 3.31. The molecule has 0 saturated carbocycles. The number of hydroxylamine groups is 2. The summed E-state index contributed by atoms with van der Waals surface area (Å²) in [4.78, 5) is 17.2. The molecular weight excluding hydrogens is 292 g/mol. The van der Waals surface area contributed by atoms with Gasteiger partial charge in [-0.2, -0.15) is 0 Å². The summed E-state index contributed by atoms with van der Waals surface area (Å²) < 4.78 is 31.6. The Labute approximate surface area is 128 Å². The minimum absolute atomic E-state index is 0.177. The second kappa shape index (κ2) is 7.35. The molecule has 0 bridgehead atoms. The van der Waals surface area contributed by atoms with Crippen molar-refractivity contribution in [2.45, 2.75) is 32.2 Å². The molecular formula is C16H19F2NO3. The van der Waals surface area contributed by atoms with Gasteiger partial charge in [-0.15, -0.1) is 5.06 Å². The van der Waals surface area contributed by atoms with E-state index in [1.165, 1.54) is 11.1 Å². The lowest BCUT2D eigenvalue weighted by Crippen LogP contribution is -2.33. The second-order valence-corrected chi connectivity index (χ2v) is 5.08. The maximum atomic E-state index is 13.5. The van der Waals surface area contributed by atoms with Gasteiger partial charge in [-0.25, -0.2) is 13.6 Å². The summed E-state index contributed by atoms with van der Waals surface area (Å²) in [6.07, 6.45) is 6.60. The molecule has 1 unspecified atom stereocenters. The van der Waals surface area contributed by atoms with E-state index in [2.05, 4.69) is 0 Å². The lowest BCUT2D eigenvalue weighted by atomic mass is 10.0. The summed E-state index contributed by atoms with van der Waals surface area (Å²) in [7, 11) is 1.63. The Morgan fingerprint density at radius 1 is 1.45 bits per heavy atom. The van der Waals surface area contributed by atoms with E-state index < -0.39 is 23.7 Å². The molecule has 1 aliphatic carbocycles. The van der Waals surface area contributed by atoms with E-state index in [0.29, 0.717) is 30.8 Å². The van der Waals surface area contributed by atoms with Gasteiger partial charge in [-0.1, -0.05) is 6.08 Å². The van der Waals surface area contributed by atoms with Crippen molar-refractivity contribution in [3.05, 3.63) is 47.3 Å². The number of halogens is 2. The predicted molar refractivity (Wildman–Crippen MR) is 77.7 cm³/mol. The topological polar surface area (TPSA) is 38.8 Å². The van der Waals surface area contributed by atoms with E-state index in [-0.39, 0.29) is 6.42 Å². The van der Waals surface area contributed by atoms with Crippen molar-refractivity contribution < 1.29 is 23.1 Å². The van der Waals surface area contributed by atoms with Gasteiger partial charge in [0, 0.05) is 26.0 Å². The maximum absolute atomic E-state index is 13.5. The fourth-order valence-corrected chi connectivity index (χ4v) is 2.31. The molecule has 2 rings (SSSR count). The molecule has 1 heterocycles. The standard InChI is InChI=1S/C16H19F2NO3/c1-3-21-16(20)15-10-14(22-19(15)2)8-11-5-4-6-12(17)9-13(18)7-11/h5,7,9-10,15H,3-4,6,8H2,1-2H3/b11-5?,12-9-,13-7?. The Balaban J connectivity index is 2.07. The van der Waals surface area contributed by atoms with E-state index in [1.54, 1.807) is 26.1 Å². The fraction of sp³-hybridized carbons (Fsp3) is 0.438. The number of likely N-dealkylation sites (N-methyl/N-ethyl adjacent to an activating group) is 1.